The first-order valence-electron chi connectivity index (χ1n) is 11.0. The van der Waals surface area contributed by atoms with E-state index in [-0.39, 0.29) is 11.9 Å². The number of amides is 1. The number of carbonyl (C=O) groups excluding carboxylic acids is 2. The normalized spacial score (nSPS) is 20.2. The number of hydrogen-bond acceptors (Lipinski definition) is 5. The summed E-state index contributed by atoms with van der Waals surface area (Å²) in [5, 5.41) is 0. The number of aryl methyl sites for hydroxylation is 1. The Kier molecular flexibility index (Phi) is 5.21. The molecule has 7 nitrogen and oxygen atoms in total. The van der Waals surface area contributed by atoms with Crippen LogP contribution in [0, 0.1) is 5.41 Å². The largest absolute Gasteiger partial charge is 0.465 e. The lowest BCUT2D eigenvalue weighted by atomic mass is 9.70. The van der Waals surface area contributed by atoms with Gasteiger partial charge in [-0.05, 0) is 61.1 Å². The van der Waals surface area contributed by atoms with E-state index in [0.717, 1.165) is 35.9 Å². The van der Waals surface area contributed by atoms with Gasteiger partial charge in [0.25, 0.3) is 0 Å². The summed E-state index contributed by atoms with van der Waals surface area (Å²) < 4.78 is 12.3. The molecular formula is C25H27N3O4. The van der Waals surface area contributed by atoms with Crippen molar-refractivity contribution in [1.29, 1.82) is 0 Å². The van der Waals surface area contributed by atoms with Crippen LogP contribution in [0.15, 0.2) is 42.5 Å². The Morgan fingerprint density at radius 3 is 2.78 bits per heavy atom. The number of benzene rings is 2. The van der Waals surface area contributed by atoms with E-state index >= 15 is 0 Å². The summed E-state index contributed by atoms with van der Waals surface area (Å²) in [6, 6.07) is 13.7. The molecule has 3 aromatic rings. The van der Waals surface area contributed by atoms with Crippen molar-refractivity contribution in [2.24, 2.45) is 5.41 Å². The monoisotopic (exact) mass is 433 g/mol. The Bertz CT molecular complexity index is 1200. The number of hydrogen-bond donors (Lipinski definition) is 0. The molecule has 1 aliphatic heterocycles. The van der Waals surface area contributed by atoms with Gasteiger partial charge in [0, 0.05) is 20.2 Å². The predicted octanol–water partition coefficient (Wildman–Crippen LogP) is 3.38. The van der Waals surface area contributed by atoms with E-state index in [1.165, 1.54) is 12.7 Å². The molecule has 1 fully saturated rings. The van der Waals surface area contributed by atoms with Crippen LogP contribution in [-0.4, -0.2) is 48.8 Å². The average molecular weight is 434 g/mol. The number of fused-ring (bicyclic) bond motifs is 2. The second-order valence-electron chi connectivity index (χ2n) is 8.68. The van der Waals surface area contributed by atoms with Crippen molar-refractivity contribution < 1.29 is 19.1 Å². The molecule has 0 radical (unpaired) electrons. The van der Waals surface area contributed by atoms with Crippen molar-refractivity contribution in [1.82, 2.24) is 9.55 Å². The third-order valence-corrected chi connectivity index (χ3v) is 6.94. The summed E-state index contributed by atoms with van der Waals surface area (Å²) in [5.41, 5.74) is 4.25. The molecule has 0 N–H and O–H groups in total. The van der Waals surface area contributed by atoms with Gasteiger partial charge < -0.3 is 14.0 Å². The van der Waals surface area contributed by atoms with Crippen LogP contribution in [0.2, 0.25) is 0 Å². The van der Waals surface area contributed by atoms with E-state index in [4.69, 9.17) is 14.5 Å². The lowest BCUT2D eigenvalue weighted by Gasteiger charge is -2.33. The van der Waals surface area contributed by atoms with Gasteiger partial charge in [0.05, 0.1) is 35.7 Å². The van der Waals surface area contributed by atoms with E-state index in [1.54, 1.807) is 7.11 Å². The van der Waals surface area contributed by atoms with Crippen LogP contribution in [0.25, 0.3) is 11.0 Å². The molecule has 1 amide bonds. The highest BCUT2D eigenvalue weighted by molar-refractivity contribution is 6.00. The Morgan fingerprint density at radius 1 is 1.12 bits per heavy atom. The molecule has 2 heterocycles. The van der Waals surface area contributed by atoms with E-state index in [9.17, 15) is 9.59 Å². The van der Waals surface area contributed by atoms with Crippen LogP contribution in [0.5, 0.6) is 0 Å². The summed E-state index contributed by atoms with van der Waals surface area (Å²) in [4.78, 5) is 32.5. The average Bonchev–Trinajstić information content (AvgIpc) is 3.34. The maximum absolute atomic E-state index is 13.8. The van der Waals surface area contributed by atoms with Crippen molar-refractivity contribution in [3.05, 3.63) is 59.2 Å². The van der Waals surface area contributed by atoms with Gasteiger partial charge in [-0.3, -0.25) is 9.69 Å². The van der Waals surface area contributed by atoms with Crippen LogP contribution in [0.3, 0.4) is 0 Å². The smallest absolute Gasteiger partial charge is 0.337 e. The number of carbonyl (C=O) groups is 2. The first-order valence-corrected chi connectivity index (χ1v) is 11.0. The van der Waals surface area contributed by atoms with Gasteiger partial charge in [0.1, 0.15) is 0 Å². The Balaban J connectivity index is 1.48. The minimum absolute atomic E-state index is 0.126. The minimum atomic E-state index is -0.452. The molecular weight excluding hydrogens is 406 g/mol. The molecule has 0 saturated carbocycles. The van der Waals surface area contributed by atoms with E-state index in [2.05, 4.69) is 4.57 Å². The Morgan fingerprint density at radius 2 is 1.97 bits per heavy atom. The Labute approximate surface area is 186 Å². The predicted molar refractivity (Wildman–Crippen MR) is 121 cm³/mol. The third kappa shape index (κ3) is 3.28. The second kappa shape index (κ2) is 8.06. The molecule has 2 aliphatic rings. The number of rotatable bonds is 5. The standard InChI is InChI=1S/C25H27N3O4/c1-31-14-13-27-21-6-4-3-5-20(21)26-24(27)28-12-11-25(23(28)30)10-9-17-7-8-18(22(29)32-2)15-19(17)16-25/h3-8,15H,9-14,16H2,1-2H3/t25-/m1/s1. The third-order valence-electron chi connectivity index (χ3n) is 6.94. The number of methoxy groups -OCH3 is 2. The summed E-state index contributed by atoms with van der Waals surface area (Å²) in [7, 11) is 3.06. The van der Waals surface area contributed by atoms with Crippen LogP contribution in [0.4, 0.5) is 5.95 Å². The summed E-state index contributed by atoms with van der Waals surface area (Å²) in [6.45, 7) is 1.82. The Hall–Kier alpha value is -3.19. The first-order chi connectivity index (χ1) is 15.6. The van der Waals surface area contributed by atoms with Gasteiger partial charge in [-0.2, -0.15) is 0 Å². The van der Waals surface area contributed by atoms with Crippen molar-refractivity contribution in [2.45, 2.75) is 32.2 Å². The van der Waals surface area contributed by atoms with E-state index in [0.29, 0.717) is 37.6 Å². The molecule has 166 valence electrons. The quantitative estimate of drug-likeness (QED) is 0.577. The molecule has 1 atom stereocenters. The molecule has 2 aromatic carbocycles. The fraction of sp³-hybridized carbons (Fsp3) is 0.400. The zero-order valence-corrected chi connectivity index (χ0v) is 18.5. The van der Waals surface area contributed by atoms with Gasteiger partial charge in [-0.15, -0.1) is 0 Å². The van der Waals surface area contributed by atoms with Crippen LogP contribution in [0.1, 0.15) is 34.3 Å². The first kappa shape index (κ1) is 20.7. The van der Waals surface area contributed by atoms with Gasteiger partial charge in [-0.1, -0.05) is 18.2 Å². The second-order valence-corrected chi connectivity index (χ2v) is 8.68. The molecule has 5 rings (SSSR count). The highest BCUT2D eigenvalue weighted by Crippen LogP contribution is 2.45. The fourth-order valence-electron chi connectivity index (χ4n) is 5.19. The van der Waals surface area contributed by atoms with Crippen molar-refractivity contribution in [3.63, 3.8) is 0 Å². The summed E-state index contributed by atoms with van der Waals surface area (Å²) in [6.07, 6.45) is 3.06. The summed E-state index contributed by atoms with van der Waals surface area (Å²) in [5.74, 6) is 0.471. The number of ether oxygens (including phenoxy) is 2. The van der Waals surface area contributed by atoms with Gasteiger partial charge in [0.2, 0.25) is 11.9 Å². The molecule has 1 spiro atoms. The van der Waals surface area contributed by atoms with Crippen molar-refractivity contribution in [3.8, 4) is 0 Å². The summed E-state index contributed by atoms with van der Waals surface area (Å²) >= 11 is 0. The molecule has 1 aromatic heterocycles. The fourth-order valence-corrected chi connectivity index (χ4v) is 5.19. The molecule has 0 unspecified atom stereocenters. The lowest BCUT2D eigenvalue weighted by molar-refractivity contribution is -0.126. The van der Waals surface area contributed by atoms with Gasteiger partial charge >= 0.3 is 5.97 Å². The van der Waals surface area contributed by atoms with E-state index in [1.807, 2.05) is 47.4 Å². The van der Waals surface area contributed by atoms with Crippen LogP contribution >= 0.6 is 0 Å². The SMILES string of the molecule is COCCn1c(N2CC[C@@]3(CCc4ccc(C(=O)OC)cc4C3)C2=O)nc2ccccc21. The maximum Gasteiger partial charge on any atom is 0.337 e. The number of anilines is 1. The molecule has 1 aliphatic carbocycles. The van der Waals surface area contributed by atoms with Crippen molar-refractivity contribution >= 4 is 28.9 Å². The number of aromatic nitrogens is 2. The number of esters is 1. The lowest BCUT2D eigenvalue weighted by Crippen LogP contribution is -2.39. The van der Waals surface area contributed by atoms with Gasteiger partial charge in [-0.25, -0.2) is 9.78 Å². The maximum atomic E-state index is 13.8. The molecule has 1 saturated heterocycles. The van der Waals surface area contributed by atoms with E-state index < -0.39 is 5.41 Å². The number of para-hydroxylation sites is 2. The highest BCUT2D eigenvalue weighted by atomic mass is 16.5. The van der Waals surface area contributed by atoms with Crippen LogP contribution < -0.4 is 4.90 Å². The topological polar surface area (TPSA) is 73.7 Å². The zero-order chi connectivity index (χ0) is 22.3. The zero-order valence-electron chi connectivity index (χ0n) is 18.5. The van der Waals surface area contributed by atoms with Crippen molar-refractivity contribution in [2.75, 3.05) is 32.3 Å². The van der Waals surface area contributed by atoms with Crippen LogP contribution in [-0.2, 0) is 33.7 Å². The number of imidazole rings is 1. The minimum Gasteiger partial charge on any atom is -0.465 e. The number of nitrogens with zero attached hydrogens (tertiary/aromatic N) is 3. The highest BCUT2D eigenvalue weighted by Gasteiger charge is 2.49. The molecule has 7 heteroatoms. The van der Waals surface area contributed by atoms with Gasteiger partial charge in [0.15, 0.2) is 0 Å². The molecule has 32 heavy (non-hydrogen) atoms. The molecule has 0 bridgehead atoms.